The molecule has 0 unspecified atom stereocenters. The summed E-state index contributed by atoms with van der Waals surface area (Å²) in [5.41, 5.74) is 4.87. The smallest absolute Gasteiger partial charge is 0.416 e. The van der Waals surface area contributed by atoms with Crippen molar-refractivity contribution in [1.29, 1.82) is 0 Å². The summed E-state index contributed by atoms with van der Waals surface area (Å²) in [5.74, 6) is -0.0512. The molecule has 0 radical (unpaired) electrons. The molecule has 3 N–H and O–H groups in total. The number of carbonyl (C=O) groups is 3. The third-order valence-corrected chi connectivity index (χ3v) is 13.9. The van der Waals surface area contributed by atoms with E-state index >= 15 is 0 Å². The molecule has 6 heterocycles. The largest absolute Gasteiger partial charge is 0.438 e. The fourth-order valence-electron chi connectivity index (χ4n) is 8.80. The molecular formula is C59H43F9N12O5S. The summed E-state index contributed by atoms with van der Waals surface area (Å²) in [7, 11) is 0. The Labute approximate surface area is 483 Å². The van der Waals surface area contributed by atoms with Crippen LogP contribution in [0.1, 0.15) is 75.4 Å². The quantitative estimate of drug-likeness (QED) is 0.0981. The van der Waals surface area contributed by atoms with Crippen LogP contribution in [0, 0.1) is 13.8 Å². The predicted octanol–water partition coefficient (Wildman–Crippen LogP) is 14.1. The van der Waals surface area contributed by atoms with E-state index in [4.69, 9.17) is 8.94 Å². The molecule has 6 aromatic heterocycles. The highest BCUT2D eigenvalue weighted by atomic mass is 32.1. The van der Waals surface area contributed by atoms with Crippen molar-refractivity contribution in [3.63, 3.8) is 0 Å². The van der Waals surface area contributed by atoms with Gasteiger partial charge in [-0.15, -0.1) is 11.3 Å². The molecule has 17 nitrogen and oxygen atoms in total. The Bertz CT molecular complexity index is 4170. The van der Waals surface area contributed by atoms with Gasteiger partial charge in [-0.25, -0.2) is 4.98 Å². The summed E-state index contributed by atoms with van der Waals surface area (Å²) >= 11 is 1.22. The van der Waals surface area contributed by atoms with E-state index in [1.165, 1.54) is 66.6 Å². The lowest BCUT2D eigenvalue weighted by Gasteiger charge is -2.08. The van der Waals surface area contributed by atoms with Gasteiger partial charge < -0.3 is 24.9 Å². The standard InChI is InChI=1S/2C20H15F3N4O2.C19H13F3N4OS/c1-12-16(11-29-26-12)19(28)24-18-15-4-2-3-5-17(15)27(25-18)10-13-6-8-14(9-7-13)20(21,22)23;1-12-17(29-11-24-12)19(28)25-18-15-4-2-3-5-16(15)27(26-18)10-13-6-8-14(9-7-13)20(21,22)23;20-19(21,22)13-7-5-12(6-8-13)10-26-15-4-2-1-3-14(15)17(25-26)24-18(27)16-9-23-11-28-16/h2-9,11H,10H2,1H3,(H,24,25,28);2-9,11H,10H2,1H3,(H,25,26,28);1-9,11H,10H2,(H,24,25,27). The van der Waals surface area contributed by atoms with Crippen LogP contribution in [0.3, 0.4) is 0 Å². The number of hydrogen-bond donors (Lipinski definition) is 3. The molecule has 3 amide bonds. The van der Waals surface area contributed by atoms with Crippen LogP contribution < -0.4 is 16.0 Å². The number of hydrogen-bond acceptors (Lipinski definition) is 12. The highest BCUT2D eigenvalue weighted by Crippen LogP contribution is 2.33. The molecule has 86 heavy (non-hydrogen) atoms. The zero-order valence-corrected chi connectivity index (χ0v) is 45.5. The second-order valence-corrected chi connectivity index (χ2v) is 19.8. The van der Waals surface area contributed by atoms with E-state index in [-0.39, 0.29) is 31.3 Å². The lowest BCUT2D eigenvalue weighted by atomic mass is 10.1. The minimum atomic E-state index is -4.38. The minimum absolute atomic E-state index is 0.0892. The highest BCUT2D eigenvalue weighted by molar-refractivity contribution is 7.11. The Balaban J connectivity index is 0.000000143. The summed E-state index contributed by atoms with van der Waals surface area (Å²) in [4.78, 5) is 45.5. The molecule has 0 saturated heterocycles. The van der Waals surface area contributed by atoms with Gasteiger partial charge in [-0.05, 0) is 103 Å². The van der Waals surface area contributed by atoms with Gasteiger partial charge in [0.1, 0.15) is 16.7 Å². The second-order valence-electron chi connectivity index (χ2n) is 19.0. The van der Waals surface area contributed by atoms with Crippen LogP contribution in [0.15, 0.2) is 179 Å². The number of aromatic nitrogens is 9. The number of amides is 3. The van der Waals surface area contributed by atoms with Crippen LogP contribution in [0.5, 0.6) is 0 Å². The summed E-state index contributed by atoms with van der Waals surface area (Å²) in [6.07, 6.45) is -9.22. The number of aryl methyl sites for hydroxylation is 2. The van der Waals surface area contributed by atoms with Gasteiger partial charge in [-0.2, -0.15) is 54.8 Å². The van der Waals surface area contributed by atoms with Crippen LogP contribution in [0.2, 0.25) is 0 Å². The first-order valence-corrected chi connectivity index (χ1v) is 26.4. The van der Waals surface area contributed by atoms with E-state index in [1.807, 2.05) is 66.7 Å². The number of thiazole rings is 1. The first-order valence-electron chi connectivity index (χ1n) is 25.6. The molecule has 438 valence electrons. The summed E-state index contributed by atoms with van der Waals surface area (Å²) in [5, 5.41) is 27.4. The van der Waals surface area contributed by atoms with Crippen LogP contribution in [-0.4, -0.2) is 62.2 Å². The van der Waals surface area contributed by atoms with Crippen LogP contribution in [0.25, 0.3) is 32.7 Å². The molecule has 0 spiro atoms. The SMILES string of the molecule is Cc1ncoc1C(=O)Nc1nn(Cc2ccc(C(F)(F)F)cc2)c2ccccc12.Cc1nocc1C(=O)Nc1nn(Cc2ccc(C(F)(F)F)cc2)c2ccccc12.O=C(Nc1nn(Cc2ccc(C(F)(F)F)cc2)c2ccccc12)c1cncs1. The normalized spacial score (nSPS) is 11.7. The highest BCUT2D eigenvalue weighted by Gasteiger charge is 2.32. The monoisotopic (exact) mass is 1200 g/mol. The van der Waals surface area contributed by atoms with Crippen LogP contribution in [0.4, 0.5) is 57.0 Å². The van der Waals surface area contributed by atoms with Gasteiger partial charge in [0.05, 0.1) is 76.0 Å². The predicted molar refractivity (Wildman–Crippen MR) is 299 cm³/mol. The number of fused-ring (bicyclic) bond motifs is 3. The number of halogens is 9. The minimum Gasteiger partial charge on any atom is -0.438 e. The Morgan fingerprint density at radius 1 is 0.500 bits per heavy atom. The fraction of sp³-hybridized carbons (Fsp3) is 0.136. The number of nitrogens with one attached hydrogen (secondary N) is 3. The molecule has 27 heteroatoms. The van der Waals surface area contributed by atoms with Crippen molar-refractivity contribution in [3.05, 3.63) is 231 Å². The van der Waals surface area contributed by atoms with Crippen molar-refractivity contribution < 1.29 is 62.8 Å². The molecule has 0 fully saturated rings. The fourth-order valence-corrected chi connectivity index (χ4v) is 9.32. The molecule has 0 aliphatic heterocycles. The average molecular weight is 1200 g/mol. The van der Waals surface area contributed by atoms with Crippen molar-refractivity contribution in [2.24, 2.45) is 0 Å². The van der Waals surface area contributed by atoms with Gasteiger partial charge in [0.15, 0.2) is 23.8 Å². The third-order valence-electron chi connectivity index (χ3n) is 13.1. The van der Waals surface area contributed by atoms with Gasteiger partial charge in [0.2, 0.25) is 5.76 Å². The number of alkyl halides is 9. The van der Waals surface area contributed by atoms with Crippen molar-refractivity contribution in [2.45, 2.75) is 52.0 Å². The summed E-state index contributed by atoms with van der Waals surface area (Å²) in [6, 6.07) is 36.6. The van der Waals surface area contributed by atoms with Gasteiger partial charge >= 0.3 is 18.5 Å². The first kappa shape index (κ1) is 58.7. The Hall–Kier alpha value is -10.4. The molecular weight excluding hydrogens is 1160 g/mol. The Morgan fingerprint density at radius 3 is 1.22 bits per heavy atom. The number of benzene rings is 6. The Morgan fingerprint density at radius 2 is 0.884 bits per heavy atom. The molecule has 12 aromatic rings. The van der Waals surface area contributed by atoms with Crippen molar-refractivity contribution in [2.75, 3.05) is 16.0 Å². The van der Waals surface area contributed by atoms with E-state index in [9.17, 15) is 53.9 Å². The van der Waals surface area contributed by atoms with Crippen molar-refractivity contribution in [3.8, 4) is 0 Å². The van der Waals surface area contributed by atoms with E-state index in [1.54, 1.807) is 39.5 Å². The second kappa shape index (κ2) is 24.4. The number of oxazole rings is 1. The van der Waals surface area contributed by atoms with Gasteiger partial charge in [-0.1, -0.05) is 78.0 Å². The topological polar surface area (TPSA) is 206 Å². The van der Waals surface area contributed by atoms with E-state index in [0.29, 0.717) is 66.7 Å². The van der Waals surface area contributed by atoms with Gasteiger partial charge in [0.25, 0.3) is 17.7 Å². The molecule has 0 bridgehead atoms. The number of para-hydroxylation sites is 3. The van der Waals surface area contributed by atoms with Gasteiger partial charge in [0, 0.05) is 16.2 Å². The number of rotatable bonds is 12. The first-order chi connectivity index (χ1) is 41.1. The van der Waals surface area contributed by atoms with E-state index < -0.39 is 47.0 Å². The average Bonchev–Trinajstić information content (AvgIpc) is 2.49. The Kier molecular flexibility index (Phi) is 16.7. The molecule has 0 saturated carbocycles. The third kappa shape index (κ3) is 13.5. The zero-order chi connectivity index (χ0) is 60.9. The molecule has 0 aliphatic carbocycles. The lowest BCUT2D eigenvalue weighted by molar-refractivity contribution is -0.138. The number of nitrogens with zero attached hydrogens (tertiary/aromatic N) is 9. The van der Waals surface area contributed by atoms with E-state index in [2.05, 4.69) is 46.4 Å². The van der Waals surface area contributed by atoms with Crippen LogP contribution in [-0.2, 0) is 38.2 Å². The molecule has 0 aliphatic rings. The summed E-state index contributed by atoms with van der Waals surface area (Å²) < 4.78 is 130. The molecule has 6 aromatic carbocycles. The van der Waals surface area contributed by atoms with Crippen molar-refractivity contribution >= 4 is 79.2 Å². The van der Waals surface area contributed by atoms with E-state index in [0.717, 1.165) is 58.3 Å². The maximum Gasteiger partial charge on any atom is 0.416 e. The molecule has 0 atom stereocenters. The maximum atomic E-state index is 12.8. The lowest BCUT2D eigenvalue weighted by Crippen LogP contribution is -2.13. The number of anilines is 3. The molecule has 12 rings (SSSR count). The van der Waals surface area contributed by atoms with Crippen LogP contribution >= 0.6 is 11.3 Å². The van der Waals surface area contributed by atoms with Gasteiger partial charge in [-0.3, -0.25) is 33.4 Å². The summed E-state index contributed by atoms with van der Waals surface area (Å²) in [6.45, 7) is 4.07. The maximum absolute atomic E-state index is 12.8. The zero-order valence-electron chi connectivity index (χ0n) is 44.7. The number of carbonyl (C=O) groups excluding carboxylic acids is 3. The van der Waals surface area contributed by atoms with Crippen molar-refractivity contribution in [1.82, 2.24) is 44.5 Å².